The minimum Gasteiger partial charge on any atom is -0.497 e. The minimum atomic E-state index is -0.467. The van der Waals surface area contributed by atoms with Crippen molar-refractivity contribution in [3.63, 3.8) is 0 Å². The number of nitrogens with zero attached hydrogens (tertiary/aromatic N) is 2. The lowest BCUT2D eigenvalue weighted by atomic mass is 10.1. The van der Waals surface area contributed by atoms with E-state index in [1.54, 1.807) is 29.8 Å². The van der Waals surface area contributed by atoms with E-state index in [0.29, 0.717) is 11.6 Å². The molecule has 33 heavy (non-hydrogen) atoms. The van der Waals surface area contributed by atoms with Crippen molar-refractivity contribution in [3.05, 3.63) is 69.6 Å². The summed E-state index contributed by atoms with van der Waals surface area (Å²) in [6, 6.07) is 11.9. The number of thiophene rings is 2. The Kier molecular flexibility index (Phi) is 6.46. The fraction of sp³-hybridized carbons (Fsp3) is 0.130. The summed E-state index contributed by atoms with van der Waals surface area (Å²) in [5.41, 5.74) is 2.38. The summed E-state index contributed by atoms with van der Waals surface area (Å²) < 4.78 is 5.25. The first kappa shape index (κ1) is 22.9. The molecule has 10 heteroatoms. The Balaban J connectivity index is 0.00000259. The molecule has 2 N–H and O–H groups in total. The largest absolute Gasteiger partial charge is 0.497 e. The van der Waals surface area contributed by atoms with Crippen molar-refractivity contribution in [3.8, 4) is 16.5 Å². The van der Waals surface area contributed by atoms with E-state index < -0.39 is 11.8 Å². The van der Waals surface area contributed by atoms with Gasteiger partial charge in [0.2, 0.25) is 0 Å². The second-order valence-electron chi connectivity index (χ2n) is 7.23. The molecule has 5 rings (SSSR count). The summed E-state index contributed by atoms with van der Waals surface area (Å²) in [5.74, 6) is 1.01. The molecule has 1 aliphatic rings. The van der Waals surface area contributed by atoms with Crippen LogP contribution in [0.3, 0.4) is 0 Å². The highest BCUT2D eigenvalue weighted by Gasteiger charge is 2.24. The molecule has 4 heterocycles. The van der Waals surface area contributed by atoms with Crippen molar-refractivity contribution in [1.82, 2.24) is 15.3 Å². The van der Waals surface area contributed by atoms with Crippen LogP contribution in [0.2, 0.25) is 0 Å². The lowest BCUT2D eigenvalue weighted by Crippen LogP contribution is -2.24. The Bertz CT molecular complexity index is 1380. The molecule has 1 aromatic carbocycles. The van der Waals surface area contributed by atoms with Crippen LogP contribution in [-0.2, 0) is 16.0 Å². The van der Waals surface area contributed by atoms with Gasteiger partial charge in [0.25, 0.3) is 11.8 Å². The Hall–Kier alpha value is -3.27. The number of carbonyl (C=O) groups is 2. The van der Waals surface area contributed by atoms with Crippen molar-refractivity contribution in [2.24, 2.45) is 0 Å². The number of hydrogen-bond donors (Lipinski definition) is 2. The zero-order valence-electron chi connectivity index (χ0n) is 17.7. The third kappa shape index (κ3) is 4.47. The van der Waals surface area contributed by atoms with Gasteiger partial charge in [-0.2, -0.15) is 0 Å². The second-order valence-corrected chi connectivity index (χ2v) is 9.26. The first-order valence-electron chi connectivity index (χ1n) is 9.82. The van der Waals surface area contributed by atoms with Crippen LogP contribution in [0.5, 0.6) is 5.75 Å². The Morgan fingerprint density at radius 2 is 1.91 bits per heavy atom. The van der Waals surface area contributed by atoms with Gasteiger partial charge in [-0.05, 0) is 41.6 Å². The van der Waals surface area contributed by atoms with Gasteiger partial charge in [-0.1, -0.05) is 18.2 Å². The maximum atomic E-state index is 12.1. The third-order valence-electron chi connectivity index (χ3n) is 5.16. The van der Waals surface area contributed by atoms with Gasteiger partial charge in [0.15, 0.2) is 5.82 Å². The number of aryl methyl sites for hydroxylation is 1. The van der Waals surface area contributed by atoms with Crippen LogP contribution in [0.25, 0.3) is 20.9 Å². The van der Waals surface area contributed by atoms with Gasteiger partial charge in [0, 0.05) is 17.4 Å². The molecule has 0 atom stereocenters. The molecular formula is C23H19ClN4O3S2. The quantitative estimate of drug-likeness (QED) is 0.374. The summed E-state index contributed by atoms with van der Waals surface area (Å²) in [6.07, 6.45) is 1.99. The molecule has 0 spiro atoms. The molecule has 0 saturated heterocycles. The maximum absolute atomic E-state index is 12.1. The topological polar surface area (TPSA) is 93.2 Å². The molecule has 3 aromatic heterocycles. The number of fused-ring (bicyclic) bond motifs is 1. The number of aromatic nitrogens is 2. The van der Waals surface area contributed by atoms with Gasteiger partial charge in [-0.25, -0.2) is 9.97 Å². The molecular weight excluding hydrogens is 480 g/mol. The number of anilines is 1. The number of methoxy groups -OCH3 is 1. The molecule has 1 aliphatic heterocycles. The molecule has 0 saturated carbocycles. The predicted molar refractivity (Wildman–Crippen MR) is 133 cm³/mol. The van der Waals surface area contributed by atoms with Crippen LogP contribution in [0.15, 0.2) is 53.6 Å². The van der Waals surface area contributed by atoms with E-state index in [2.05, 4.69) is 10.6 Å². The number of hydrogen-bond acceptors (Lipinski definition) is 8. The highest BCUT2D eigenvalue weighted by Crippen LogP contribution is 2.38. The van der Waals surface area contributed by atoms with Gasteiger partial charge < -0.3 is 10.1 Å². The monoisotopic (exact) mass is 498 g/mol. The van der Waals surface area contributed by atoms with Gasteiger partial charge in [-0.3, -0.25) is 14.9 Å². The Morgan fingerprint density at radius 3 is 2.55 bits per heavy atom. The van der Waals surface area contributed by atoms with Crippen LogP contribution in [0.1, 0.15) is 16.0 Å². The standard InChI is InChI=1S/C23H18N4O3S2.ClH/c1-12-17(10-13-5-7-14(30-2)8-6-13)32-23-19(12)21(24-15-11-18(28)25-22(15)29)26-20(27-23)16-4-3-9-31-16;/h3-9,11H,10H2,1-2H3,(H2,24,25,26,27,28,29);1H. The van der Waals surface area contributed by atoms with E-state index in [1.165, 1.54) is 6.08 Å². The molecule has 7 nitrogen and oxygen atoms in total. The molecule has 0 radical (unpaired) electrons. The van der Waals surface area contributed by atoms with Crippen molar-refractivity contribution in [2.75, 3.05) is 12.4 Å². The number of imide groups is 1. The summed E-state index contributed by atoms with van der Waals surface area (Å²) in [5, 5.41) is 8.15. The molecule has 0 unspecified atom stereocenters. The normalized spacial score (nSPS) is 13.0. The van der Waals surface area contributed by atoms with E-state index in [0.717, 1.165) is 43.3 Å². The summed E-state index contributed by atoms with van der Waals surface area (Å²) >= 11 is 3.15. The number of nitrogens with one attached hydrogen (secondary N) is 2. The predicted octanol–water partition coefficient (Wildman–Crippen LogP) is 4.70. The summed E-state index contributed by atoms with van der Waals surface area (Å²) in [4.78, 5) is 36.2. The number of ether oxygens (including phenoxy) is 1. The van der Waals surface area contributed by atoms with Crippen molar-refractivity contribution in [1.29, 1.82) is 0 Å². The molecule has 0 aliphatic carbocycles. The van der Waals surface area contributed by atoms with Gasteiger partial charge in [-0.15, -0.1) is 35.1 Å². The van der Waals surface area contributed by atoms with Crippen LogP contribution in [0.4, 0.5) is 5.82 Å². The van der Waals surface area contributed by atoms with Crippen LogP contribution < -0.4 is 15.4 Å². The molecule has 4 aromatic rings. The first-order chi connectivity index (χ1) is 15.5. The Morgan fingerprint density at radius 1 is 1.12 bits per heavy atom. The van der Waals surface area contributed by atoms with Gasteiger partial charge in [0.1, 0.15) is 22.1 Å². The average Bonchev–Trinajstić information content (AvgIpc) is 3.49. The number of halogens is 1. The van der Waals surface area contributed by atoms with Crippen LogP contribution in [0, 0.1) is 6.92 Å². The number of rotatable bonds is 6. The fourth-order valence-electron chi connectivity index (χ4n) is 3.52. The molecule has 0 bridgehead atoms. The van der Waals surface area contributed by atoms with Crippen molar-refractivity contribution >= 4 is 62.9 Å². The van der Waals surface area contributed by atoms with Gasteiger partial charge in [0.05, 0.1) is 17.4 Å². The van der Waals surface area contributed by atoms with Gasteiger partial charge >= 0.3 is 0 Å². The van der Waals surface area contributed by atoms with E-state index in [-0.39, 0.29) is 18.1 Å². The SMILES string of the molecule is COc1ccc(Cc2sc3nc(-c4cccs4)nc(NC4=CC(=O)NC4=O)c3c2C)cc1.Cl. The number of carbonyl (C=O) groups excluding carboxylic acids is 2. The second kappa shape index (κ2) is 9.30. The molecule has 0 fully saturated rings. The van der Waals surface area contributed by atoms with Crippen molar-refractivity contribution < 1.29 is 14.3 Å². The van der Waals surface area contributed by atoms with E-state index >= 15 is 0 Å². The average molecular weight is 499 g/mol. The Labute approximate surface area is 203 Å². The molecule has 2 amide bonds. The zero-order chi connectivity index (χ0) is 22.2. The number of benzene rings is 1. The zero-order valence-corrected chi connectivity index (χ0v) is 20.1. The highest BCUT2D eigenvalue weighted by molar-refractivity contribution is 7.19. The van der Waals surface area contributed by atoms with Crippen molar-refractivity contribution in [2.45, 2.75) is 13.3 Å². The van der Waals surface area contributed by atoms with Crippen LogP contribution in [-0.4, -0.2) is 28.9 Å². The molecule has 168 valence electrons. The maximum Gasteiger partial charge on any atom is 0.274 e. The third-order valence-corrected chi connectivity index (χ3v) is 7.22. The van der Waals surface area contributed by atoms with E-state index in [9.17, 15) is 9.59 Å². The van der Waals surface area contributed by atoms with E-state index in [4.69, 9.17) is 14.7 Å². The summed E-state index contributed by atoms with van der Waals surface area (Å²) in [6.45, 7) is 2.03. The van der Waals surface area contributed by atoms with Crippen LogP contribution >= 0.6 is 35.1 Å². The van der Waals surface area contributed by atoms with E-state index in [1.807, 2.05) is 48.7 Å². The highest BCUT2D eigenvalue weighted by atomic mass is 35.5. The smallest absolute Gasteiger partial charge is 0.274 e. The fourth-order valence-corrected chi connectivity index (χ4v) is 5.39. The first-order valence-corrected chi connectivity index (χ1v) is 11.5. The minimum absolute atomic E-state index is 0. The summed E-state index contributed by atoms with van der Waals surface area (Å²) in [7, 11) is 1.65. The lowest BCUT2D eigenvalue weighted by molar-refractivity contribution is -0.123. The lowest BCUT2D eigenvalue weighted by Gasteiger charge is -2.09. The number of amides is 2.